The topological polar surface area (TPSA) is 50.9 Å². The van der Waals surface area contributed by atoms with Gasteiger partial charge in [-0.3, -0.25) is 15.7 Å². The van der Waals surface area contributed by atoms with E-state index in [2.05, 4.69) is 19.1 Å². The number of hydrogen-bond acceptors (Lipinski definition) is 2. The van der Waals surface area contributed by atoms with Gasteiger partial charge in [0, 0.05) is 16.8 Å². The maximum absolute atomic E-state index is 8.69. The highest BCUT2D eigenvalue weighted by Gasteiger charge is 2.20. The first-order valence-electron chi connectivity index (χ1n) is 8.37. The van der Waals surface area contributed by atoms with Crippen LogP contribution >= 0.6 is 0 Å². The Hall–Kier alpha value is -3.20. The van der Waals surface area contributed by atoms with Gasteiger partial charge < -0.3 is 0 Å². The fourth-order valence-electron chi connectivity index (χ4n) is 2.70. The van der Waals surface area contributed by atoms with Crippen molar-refractivity contribution in [3.05, 3.63) is 102 Å². The molecule has 0 aromatic heterocycles. The minimum Gasteiger partial charge on any atom is -0.284 e. The Kier molecular flexibility index (Phi) is 5.05. The van der Waals surface area contributed by atoms with Gasteiger partial charge in [-0.05, 0) is 24.1 Å². The third-order valence-corrected chi connectivity index (χ3v) is 4.14. The lowest BCUT2D eigenvalue weighted by Gasteiger charge is -2.26. The Morgan fingerprint density at radius 3 is 1.52 bits per heavy atom. The van der Waals surface area contributed by atoms with Gasteiger partial charge in [-0.1, -0.05) is 79.7 Å². The van der Waals surface area contributed by atoms with Crippen LogP contribution in [0.3, 0.4) is 0 Å². The van der Waals surface area contributed by atoms with Crippen LogP contribution in [0, 0.1) is 10.8 Å². The molecule has 3 rings (SSSR count). The second kappa shape index (κ2) is 7.58. The highest BCUT2D eigenvalue weighted by atomic mass is 15.2. The summed E-state index contributed by atoms with van der Waals surface area (Å²) in [6, 6.07) is 27.2. The number of hydrogen-bond donors (Lipinski definition) is 2. The second-order valence-corrected chi connectivity index (χ2v) is 5.78. The number of nitrogens with one attached hydrogen (secondary N) is 2. The van der Waals surface area contributed by atoms with E-state index >= 15 is 0 Å². The van der Waals surface area contributed by atoms with E-state index in [9.17, 15) is 0 Å². The lowest BCUT2D eigenvalue weighted by atomic mass is 10.1. The molecule has 0 radical (unpaired) electrons. The summed E-state index contributed by atoms with van der Waals surface area (Å²) in [5.41, 5.74) is 3.62. The number of anilines is 1. The first kappa shape index (κ1) is 16.7. The maximum Gasteiger partial charge on any atom is 0.138 e. The van der Waals surface area contributed by atoms with E-state index in [1.54, 1.807) is 4.90 Å². The van der Waals surface area contributed by atoms with E-state index in [4.69, 9.17) is 10.8 Å². The first-order chi connectivity index (χ1) is 12.2. The monoisotopic (exact) mass is 327 g/mol. The van der Waals surface area contributed by atoms with Gasteiger partial charge >= 0.3 is 0 Å². The van der Waals surface area contributed by atoms with Crippen LogP contribution in [0.1, 0.15) is 23.6 Å². The molecule has 0 bridgehead atoms. The van der Waals surface area contributed by atoms with Gasteiger partial charge in [-0.2, -0.15) is 0 Å². The summed E-state index contributed by atoms with van der Waals surface area (Å²) in [4.78, 5) is 1.68. The third kappa shape index (κ3) is 3.66. The van der Waals surface area contributed by atoms with E-state index in [0.29, 0.717) is 11.7 Å². The van der Waals surface area contributed by atoms with E-state index in [1.165, 1.54) is 5.56 Å². The summed E-state index contributed by atoms with van der Waals surface area (Å²) in [7, 11) is 0. The van der Waals surface area contributed by atoms with Gasteiger partial charge in [-0.15, -0.1) is 0 Å². The zero-order valence-corrected chi connectivity index (χ0v) is 14.2. The zero-order chi connectivity index (χ0) is 17.6. The first-order valence-corrected chi connectivity index (χ1v) is 8.37. The minimum absolute atomic E-state index is 0.290. The van der Waals surface area contributed by atoms with Crippen LogP contribution in [-0.4, -0.2) is 11.7 Å². The molecular weight excluding hydrogens is 306 g/mol. The summed E-state index contributed by atoms with van der Waals surface area (Å²) in [6.07, 6.45) is 0.965. The molecule has 2 N–H and O–H groups in total. The smallest absolute Gasteiger partial charge is 0.138 e. The Labute approximate surface area is 148 Å². The van der Waals surface area contributed by atoms with Crippen molar-refractivity contribution in [2.24, 2.45) is 0 Å². The standard InChI is InChI=1S/C22H21N3/c1-2-17-13-15-20(16-14-17)25(21(23)18-9-5-3-6-10-18)22(24)19-11-7-4-8-12-19/h3-16,23-24H,2H2,1H3. The molecule has 0 spiro atoms. The van der Waals surface area contributed by atoms with E-state index in [-0.39, 0.29) is 0 Å². The molecule has 0 fully saturated rings. The van der Waals surface area contributed by atoms with Crippen LogP contribution in [0.2, 0.25) is 0 Å². The van der Waals surface area contributed by atoms with Gasteiger partial charge in [0.15, 0.2) is 0 Å². The van der Waals surface area contributed by atoms with Crippen molar-refractivity contribution in [1.82, 2.24) is 0 Å². The predicted molar refractivity (Wildman–Crippen MR) is 105 cm³/mol. The van der Waals surface area contributed by atoms with Crippen molar-refractivity contribution in [3.63, 3.8) is 0 Å². The average Bonchev–Trinajstić information content (AvgIpc) is 2.70. The van der Waals surface area contributed by atoms with Crippen LogP contribution in [0.4, 0.5) is 5.69 Å². The van der Waals surface area contributed by atoms with Gasteiger partial charge in [0.1, 0.15) is 11.7 Å². The largest absolute Gasteiger partial charge is 0.284 e. The van der Waals surface area contributed by atoms with Gasteiger partial charge in [-0.25, -0.2) is 0 Å². The van der Waals surface area contributed by atoms with Crippen molar-refractivity contribution in [3.8, 4) is 0 Å². The van der Waals surface area contributed by atoms with Crippen molar-refractivity contribution in [1.29, 1.82) is 10.8 Å². The highest BCUT2D eigenvalue weighted by molar-refractivity contribution is 6.27. The van der Waals surface area contributed by atoms with Crippen LogP contribution in [0.15, 0.2) is 84.9 Å². The minimum atomic E-state index is 0.290. The van der Waals surface area contributed by atoms with Crippen LogP contribution in [0.5, 0.6) is 0 Å². The molecule has 0 amide bonds. The highest BCUT2D eigenvalue weighted by Crippen LogP contribution is 2.21. The lowest BCUT2D eigenvalue weighted by Crippen LogP contribution is -2.37. The molecule has 0 aliphatic heterocycles. The molecule has 3 nitrogen and oxygen atoms in total. The predicted octanol–water partition coefficient (Wildman–Crippen LogP) is 5.11. The zero-order valence-electron chi connectivity index (χ0n) is 14.2. The summed E-state index contributed by atoms with van der Waals surface area (Å²) in [5.74, 6) is 0.581. The molecule has 0 aliphatic rings. The molecule has 0 aliphatic carbocycles. The van der Waals surface area contributed by atoms with Crippen LogP contribution in [0.25, 0.3) is 0 Å². The van der Waals surface area contributed by atoms with E-state index < -0.39 is 0 Å². The molecule has 0 unspecified atom stereocenters. The number of aryl methyl sites for hydroxylation is 1. The van der Waals surface area contributed by atoms with Crippen LogP contribution < -0.4 is 4.90 Å². The molecule has 25 heavy (non-hydrogen) atoms. The number of amidine groups is 2. The normalized spacial score (nSPS) is 10.3. The number of nitrogens with zero attached hydrogens (tertiary/aromatic N) is 1. The van der Waals surface area contributed by atoms with E-state index in [0.717, 1.165) is 23.2 Å². The average molecular weight is 327 g/mol. The summed E-state index contributed by atoms with van der Waals surface area (Å²) < 4.78 is 0. The fourth-order valence-corrected chi connectivity index (χ4v) is 2.70. The van der Waals surface area contributed by atoms with Crippen LogP contribution in [-0.2, 0) is 6.42 Å². The van der Waals surface area contributed by atoms with E-state index in [1.807, 2.05) is 72.8 Å². The molecule has 0 saturated carbocycles. The van der Waals surface area contributed by atoms with Crippen molar-refractivity contribution in [2.75, 3.05) is 4.90 Å². The van der Waals surface area contributed by atoms with Gasteiger partial charge in [0.2, 0.25) is 0 Å². The summed E-state index contributed by atoms with van der Waals surface area (Å²) in [6.45, 7) is 2.12. The Morgan fingerprint density at radius 1 is 0.680 bits per heavy atom. The second-order valence-electron chi connectivity index (χ2n) is 5.78. The van der Waals surface area contributed by atoms with Crippen molar-refractivity contribution < 1.29 is 0 Å². The maximum atomic E-state index is 8.69. The Bertz CT molecular complexity index is 801. The molecule has 3 heteroatoms. The van der Waals surface area contributed by atoms with Crippen molar-refractivity contribution in [2.45, 2.75) is 13.3 Å². The van der Waals surface area contributed by atoms with Gasteiger partial charge in [0.25, 0.3) is 0 Å². The Morgan fingerprint density at radius 2 is 1.12 bits per heavy atom. The van der Waals surface area contributed by atoms with Crippen molar-refractivity contribution >= 4 is 17.4 Å². The molecule has 0 heterocycles. The lowest BCUT2D eigenvalue weighted by molar-refractivity contribution is 1.14. The third-order valence-electron chi connectivity index (χ3n) is 4.14. The number of benzene rings is 3. The fraction of sp³-hybridized carbons (Fsp3) is 0.0909. The molecule has 0 saturated heterocycles. The quantitative estimate of drug-likeness (QED) is 0.508. The Balaban J connectivity index is 2.04. The molecule has 0 atom stereocenters. The number of rotatable bonds is 4. The molecular formula is C22H21N3. The summed E-state index contributed by atoms with van der Waals surface area (Å²) >= 11 is 0. The molecule has 3 aromatic carbocycles. The SMILES string of the molecule is CCc1ccc(N(C(=N)c2ccccc2)C(=N)c2ccccc2)cc1. The summed E-state index contributed by atoms with van der Waals surface area (Å²) in [5, 5.41) is 17.4. The van der Waals surface area contributed by atoms with Gasteiger partial charge in [0.05, 0.1) is 0 Å². The molecule has 124 valence electrons. The molecule has 3 aromatic rings.